The first-order valence-electron chi connectivity index (χ1n) is 7.76. The normalized spacial score (nSPS) is 34.1. The molecule has 0 radical (unpaired) electrons. The Morgan fingerprint density at radius 2 is 2.16 bits per heavy atom. The maximum Gasteiger partial charge on any atom is 0.115 e. The van der Waals surface area contributed by atoms with Crippen molar-refractivity contribution in [3.63, 3.8) is 0 Å². The van der Waals surface area contributed by atoms with Gasteiger partial charge in [0.1, 0.15) is 5.75 Å². The Morgan fingerprint density at radius 3 is 2.95 bits per heavy atom. The Hall–Kier alpha value is -1.02. The molecular formula is C17H23NO. The zero-order valence-electron chi connectivity index (χ0n) is 11.7. The molecule has 0 unspecified atom stereocenters. The molecule has 1 heterocycles. The fraction of sp³-hybridized carbons (Fsp3) is 0.647. The van der Waals surface area contributed by atoms with Crippen LogP contribution in [0.2, 0.25) is 0 Å². The maximum absolute atomic E-state index is 9.74. The quantitative estimate of drug-likeness (QED) is 0.879. The third-order valence-electron chi connectivity index (χ3n) is 5.43. The standard InChI is InChI=1S/C17H23NO/c1-11-9-18(10-12-2-3-12)14-6-13-4-5-15(19)8-17(13)16(11)7-14/h4-5,8,11-12,14,16,19H,2-3,6-7,9-10H2,1H3/t11-,14+,16-/m1/s1. The summed E-state index contributed by atoms with van der Waals surface area (Å²) in [6.45, 7) is 4.97. The van der Waals surface area contributed by atoms with Gasteiger partial charge in [-0.2, -0.15) is 0 Å². The van der Waals surface area contributed by atoms with Gasteiger partial charge < -0.3 is 5.11 Å². The molecular weight excluding hydrogens is 234 g/mol. The van der Waals surface area contributed by atoms with Crippen LogP contribution in [0.4, 0.5) is 0 Å². The second kappa shape index (κ2) is 4.24. The summed E-state index contributed by atoms with van der Waals surface area (Å²) in [5.41, 5.74) is 2.90. The van der Waals surface area contributed by atoms with E-state index in [9.17, 15) is 5.11 Å². The van der Waals surface area contributed by atoms with Crippen molar-refractivity contribution in [2.24, 2.45) is 11.8 Å². The molecule has 2 bridgehead atoms. The minimum absolute atomic E-state index is 0.435. The molecule has 1 aromatic carbocycles. The largest absolute Gasteiger partial charge is 0.508 e. The molecule has 2 aliphatic carbocycles. The van der Waals surface area contributed by atoms with Gasteiger partial charge in [-0.25, -0.2) is 0 Å². The molecule has 102 valence electrons. The second-order valence-corrected chi connectivity index (χ2v) is 6.96. The third kappa shape index (κ3) is 2.06. The van der Waals surface area contributed by atoms with Gasteiger partial charge in [-0.3, -0.25) is 4.90 Å². The lowest BCUT2D eigenvalue weighted by Crippen LogP contribution is -2.50. The summed E-state index contributed by atoms with van der Waals surface area (Å²) in [7, 11) is 0. The number of piperidine rings is 1. The van der Waals surface area contributed by atoms with Crippen molar-refractivity contribution in [1.82, 2.24) is 4.90 Å². The maximum atomic E-state index is 9.74. The molecule has 0 spiro atoms. The van der Waals surface area contributed by atoms with E-state index >= 15 is 0 Å². The highest BCUT2D eigenvalue weighted by Gasteiger charge is 2.40. The first-order valence-corrected chi connectivity index (χ1v) is 7.76. The van der Waals surface area contributed by atoms with Gasteiger partial charge >= 0.3 is 0 Å². The smallest absolute Gasteiger partial charge is 0.115 e. The highest BCUT2D eigenvalue weighted by Crippen LogP contribution is 2.45. The number of fused-ring (bicyclic) bond motifs is 4. The highest BCUT2D eigenvalue weighted by molar-refractivity contribution is 5.40. The van der Waals surface area contributed by atoms with Gasteiger partial charge in [-0.15, -0.1) is 0 Å². The van der Waals surface area contributed by atoms with Crippen LogP contribution in [0.25, 0.3) is 0 Å². The fourth-order valence-electron chi connectivity index (χ4n) is 4.19. The van der Waals surface area contributed by atoms with Crippen LogP contribution in [-0.2, 0) is 6.42 Å². The van der Waals surface area contributed by atoms with Crippen LogP contribution in [0.5, 0.6) is 5.75 Å². The number of likely N-dealkylation sites (tertiary alicyclic amines) is 1. The molecule has 19 heavy (non-hydrogen) atoms. The number of hydrogen-bond donors (Lipinski definition) is 1. The molecule has 3 aliphatic rings. The third-order valence-corrected chi connectivity index (χ3v) is 5.43. The molecule has 1 saturated carbocycles. The summed E-state index contributed by atoms with van der Waals surface area (Å²) in [5, 5.41) is 9.74. The highest BCUT2D eigenvalue weighted by atomic mass is 16.3. The van der Waals surface area contributed by atoms with Crippen molar-refractivity contribution in [1.29, 1.82) is 0 Å². The van der Waals surface area contributed by atoms with E-state index < -0.39 is 0 Å². The van der Waals surface area contributed by atoms with E-state index in [0.29, 0.717) is 11.7 Å². The lowest BCUT2D eigenvalue weighted by molar-refractivity contribution is 0.0824. The molecule has 1 N–H and O–H groups in total. The number of phenols is 1. The van der Waals surface area contributed by atoms with E-state index in [4.69, 9.17) is 0 Å². The predicted octanol–water partition coefficient (Wildman–Crippen LogP) is 3.15. The van der Waals surface area contributed by atoms with E-state index in [1.54, 1.807) is 0 Å². The number of phenolic OH excluding ortho intramolecular Hbond substituents is 1. The van der Waals surface area contributed by atoms with Gasteiger partial charge in [-0.05, 0) is 66.7 Å². The first kappa shape index (κ1) is 11.8. The molecule has 2 heteroatoms. The van der Waals surface area contributed by atoms with Crippen molar-refractivity contribution in [3.8, 4) is 5.75 Å². The van der Waals surface area contributed by atoms with E-state index in [-0.39, 0.29) is 0 Å². The van der Waals surface area contributed by atoms with Gasteiger partial charge in [-0.1, -0.05) is 13.0 Å². The van der Waals surface area contributed by atoms with Crippen LogP contribution >= 0.6 is 0 Å². The van der Waals surface area contributed by atoms with Crippen LogP contribution in [0.3, 0.4) is 0 Å². The SMILES string of the molecule is C[C@@H]1CN(CC2CC2)[C@H]2Cc3ccc(O)cc3[C@@H]1C2. The lowest BCUT2D eigenvalue weighted by atomic mass is 9.70. The van der Waals surface area contributed by atoms with E-state index in [1.165, 1.54) is 49.9 Å². The van der Waals surface area contributed by atoms with Crippen molar-refractivity contribution in [3.05, 3.63) is 29.3 Å². The monoisotopic (exact) mass is 257 g/mol. The molecule has 1 aliphatic heterocycles. The first-order chi connectivity index (χ1) is 9.20. The van der Waals surface area contributed by atoms with Gasteiger partial charge in [0.15, 0.2) is 0 Å². The topological polar surface area (TPSA) is 23.5 Å². The Labute approximate surface area is 115 Å². The molecule has 0 amide bonds. The van der Waals surface area contributed by atoms with Crippen LogP contribution in [0.1, 0.15) is 43.2 Å². The Morgan fingerprint density at radius 1 is 1.32 bits per heavy atom. The van der Waals surface area contributed by atoms with Gasteiger partial charge in [0.05, 0.1) is 0 Å². The number of benzene rings is 1. The zero-order valence-corrected chi connectivity index (χ0v) is 11.7. The number of aromatic hydroxyl groups is 1. The van der Waals surface area contributed by atoms with Crippen LogP contribution in [0, 0.1) is 11.8 Å². The summed E-state index contributed by atoms with van der Waals surface area (Å²) in [5.74, 6) is 2.81. The Bertz CT molecular complexity index is 494. The molecule has 1 saturated heterocycles. The number of nitrogens with zero attached hydrogens (tertiary/aromatic N) is 1. The van der Waals surface area contributed by atoms with Crippen LogP contribution < -0.4 is 0 Å². The summed E-state index contributed by atoms with van der Waals surface area (Å²) >= 11 is 0. The second-order valence-electron chi connectivity index (χ2n) is 6.96. The Balaban J connectivity index is 1.64. The Kier molecular flexibility index (Phi) is 2.63. The van der Waals surface area contributed by atoms with E-state index in [1.807, 2.05) is 12.1 Å². The summed E-state index contributed by atoms with van der Waals surface area (Å²) in [6.07, 6.45) is 5.38. The molecule has 1 aromatic rings. The van der Waals surface area contributed by atoms with Crippen molar-refractivity contribution in [2.45, 2.75) is 44.6 Å². The number of hydrogen-bond acceptors (Lipinski definition) is 2. The van der Waals surface area contributed by atoms with Gasteiger partial charge in [0.2, 0.25) is 0 Å². The molecule has 3 atom stereocenters. The van der Waals surface area contributed by atoms with E-state index in [0.717, 1.165) is 17.9 Å². The average molecular weight is 257 g/mol. The number of rotatable bonds is 2. The molecule has 2 fully saturated rings. The van der Waals surface area contributed by atoms with Gasteiger partial charge in [0.25, 0.3) is 0 Å². The molecule has 4 rings (SSSR count). The van der Waals surface area contributed by atoms with Crippen molar-refractivity contribution >= 4 is 0 Å². The molecule has 2 nitrogen and oxygen atoms in total. The lowest BCUT2D eigenvalue weighted by Gasteiger charge is -2.47. The molecule has 0 aromatic heterocycles. The fourth-order valence-corrected chi connectivity index (χ4v) is 4.19. The minimum atomic E-state index is 0.435. The van der Waals surface area contributed by atoms with Gasteiger partial charge in [0, 0.05) is 19.1 Å². The average Bonchev–Trinajstić information content (AvgIpc) is 3.19. The van der Waals surface area contributed by atoms with Crippen LogP contribution in [0.15, 0.2) is 18.2 Å². The summed E-state index contributed by atoms with van der Waals surface area (Å²) in [4.78, 5) is 2.76. The minimum Gasteiger partial charge on any atom is -0.508 e. The predicted molar refractivity (Wildman–Crippen MR) is 76.4 cm³/mol. The summed E-state index contributed by atoms with van der Waals surface area (Å²) in [6, 6.07) is 6.77. The zero-order chi connectivity index (χ0) is 13.0. The van der Waals surface area contributed by atoms with Crippen molar-refractivity contribution in [2.75, 3.05) is 13.1 Å². The van der Waals surface area contributed by atoms with Crippen molar-refractivity contribution < 1.29 is 5.11 Å². The summed E-state index contributed by atoms with van der Waals surface area (Å²) < 4.78 is 0. The van der Waals surface area contributed by atoms with Crippen LogP contribution in [-0.4, -0.2) is 29.1 Å². The van der Waals surface area contributed by atoms with E-state index in [2.05, 4.69) is 17.9 Å².